The molecule has 1 aromatic carbocycles. The molecular formula is C18H20N2O. The molecule has 0 saturated heterocycles. The Labute approximate surface area is 125 Å². The number of aromatic amines is 1. The van der Waals surface area contributed by atoms with Gasteiger partial charge in [-0.25, -0.2) is 0 Å². The van der Waals surface area contributed by atoms with Gasteiger partial charge >= 0.3 is 0 Å². The highest BCUT2D eigenvalue weighted by atomic mass is 16.1. The van der Waals surface area contributed by atoms with Crippen LogP contribution in [0.1, 0.15) is 55.5 Å². The molecule has 3 rings (SSSR count). The monoisotopic (exact) mass is 280 g/mol. The average Bonchev–Trinajstić information content (AvgIpc) is 2.89. The van der Waals surface area contributed by atoms with Gasteiger partial charge in [0.1, 0.15) is 0 Å². The maximum absolute atomic E-state index is 13.0. The van der Waals surface area contributed by atoms with Crippen LogP contribution in [0.25, 0.3) is 10.9 Å². The molecule has 0 spiro atoms. The number of rotatable bonds is 2. The minimum absolute atomic E-state index is 0.0613. The van der Waals surface area contributed by atoms with Crippen molar-refractivity contribution in [1.82, 2.24) is 4.98 Å². The molecule has 3 nitrogen and oxygen atoms in total. The summed E-state index contributed by atoms with van der Waals surface area (Å²) >= 11 is 0. The molecule has 108 valence electrons. The molecule has 0 aliphatic heterocycles. The van der Waals surface area contributed by atoms with Crippen molar-refractivity contribution in [3.63, 3.8) is 0 Å². The number of ketones is 1. The van der Waals surface area contributed by atoms with Gasteiger partial charge in [0.25, 0.3) is 0 Å². The molecule has 0 amide bonds. The van der Waals surface area contributed by atoms with Crippen LogP contribution in [-0.2, 0) is 0 Å². The number of nitrogens with one attached hydrogen (secondary N) is 1. The van der Waals surface area contributed by atoms with E-state index in [1.165, 1.54) is 6.42 Å². The van der Waals surface area contributed by atoms with Crippen molar-refractivity contribution in [3.05, 3.63) is 35.5 Å². The lowest BCUT2D eigenvalue weighted by Crippen LogP contribution is -2.34. The second-order valence-electron chi connectivity index (χ2n) is 6.73. The molecule has 1 aliphatic carbocycles. The van der Waals surface area contributed by atoms with Gasteiger partial charge in [0.05, 0.1) is 11.6 Å². The molecule has 1 unspecified atom stereocenters. The SMILES string of the molecule is CC1(C)CCCCC1C(=O)c1c[nH]c2ccc(C#N)cc12. The zero-order chi connectivity index (χ0) is 15.0. The van der Waals surface area contributed by atoms with Crippen LogP contribution >= 0.6 is 0 Å². The summed E-state index contributed by atoms with van der Waals surface area (Å²) in [5.41, 5.74) is 2.32. The van der Waals surface area contributed by atoms with Crippen LogP contribution in [0.3, 0.4) is 0 Å². The van der Waals surface area contributed by atoms with Gasteiger partial charge in [-0.05, 0) is 36.5 Å². The maximum atomic E-state index is 13.0. The molecule has 1 fully saturated rings. The van der Waals surface area contributed by atoms with E-state index in [0.29, 0.717) is 5.56 Å². The Morgan fingerprint density at radius 2 is 2.19 bits per heavy atom. The molecule has 1 aromatic heterocycles. The predicted octanol–water partition coefficient (Wildman–Crippen LogP) is 4.44. The predicted molar refractivity (Wildman–Crippen MR) is 83.1 cm³/mol. The highest BCUT2D eigenvalue weighted by molar-refractivity contribution is 6.09. The fraction of sp³-hybridized carbons (Fsp3) is 0.444. The first-order valence-corrected chi connectivity index (χ1v) is 7.58. The van der Waals surface area contributed by atoms with Crippen LogP contribution in [0.5, 0.6) is 0 Å². The summed E-state index contributed by atoms with van der Waals surface area (Å²) in [6.07, 6.45) is 6.22. The van der Waals surface area contributed by atoms with E-state index < -0.39 is 0 Å². The molecule has 21 heavy (non-hydrogen) atoms. The number of hydrogen-bond donors (Lipinski definition) is 1. The lowest BCUT2D eigenvalue weighted by molar-refractivity contribution is 0.0699. The minimum Gasteiger partial charge on any atom is -0.360 e. The van der Waals surface area contributed by atoms with Crippen molar-refractivity contribution in [2.45, 2.75) is 39.5 Å². The highest BCUT2D eigenvalue weighted by Crippen LogP contribution is 2.42. The van der Waals surface area contributed by atoms with E-state index in [2.05, 4.69) is 24.9 Å². The van der Waals surface area contributed by atoms with Crippen LogP contribution in [0, 0.1) is 22.7 Å². The number of fused-ring (bicyclic) bond motifs is 1. The Hall–Kier alpha value is -2.08. The van der Waals surface area contributed by atoms with E-state index in [1.54, 1.807) is 12.3 Å². The van der Waals surface area contributed by atoms with E-state index in [-0.39, 0.29) is 17.1 Å². The molecule has 1 N–H and O–H groups in total. The van der Waals surface area contributed by atoms with E-state index in [4.69, 9.17) is 5.26 Å². The van der Waals surface area contributed by atoms with Gasteiger partial charge < -0.3 is 4.98 Å². The van der Waals surface area contributed by atoms with Gasteiger partial charge in [0, 0.05) is 28.6 Å². The van der Waals surface area contributed by atoms with Gasteiger partial charge in [-0.1, -0.05) is 26.7 Å². The molecule has 1 atom stereocenters. The van der Waals surface area contributed by atoms with Crippen LogP contribution in [-0.4, -0.2) is 10.8 Å². The number of carbonyl (C=O) groups excluding carboxylic acids is 1. The normalized spacial score (nSPS) is 21.1. The van der Waals surface area contributed by atoms with E-state index in [1.807, 2.05) is 12.1 Å². The zero-order valence-electron chi connectivity index (χ0n) is 12.6. The first-order valence-electron chi connectivity index (χ1n) is 7.58. The third kappa shape index (κ3) is 2.35. The number of nitriles is 1. The number of aromatic nitrogens is 1. The van der Waals surface area contributed by atoms with E-state index in [9.17, 15) is 4.79 Å². The lowest BCUT2D eigenvalue weighted by Gasteiger charge is -2.37. The molecular weight excluding hydrogens is 260 g/mol. The summed E-state index contributed by atoms with van der Waals surface area (Å²) in [6.45, 7) is 4.40. The van der Waals surface area contributed by atoms with Gasteiger partial charge in [-0.2, -0.15) is 5.26 Å². The summed E-state index contributed by atoms with van der Waals surface area (Å²) in [7, 11) is 0. The first kappa shape index (κ1) is 13.9. The summed E-state index contributed by atoms with van der Waals surface area (Å²) in [5.74, 6) is 0.303. The van der Waals surface area contributed by atoms with Gasteiger partial charge in [0.15, 0.2) is 5.78 Å². The van der Waals surface area contributed by atoms with Crippen molar-refractivity contribution in [3.8, 4) is 6.07 Å². The summed E-state index contributed by atoms with van der Waals surface area (Å²) in [5, 5.41) is 9.93. The van der Waals surface area contributed by atoms with Crippen LogP contribution < -0.4 is 0 Å². The van der Waals surface area contributed by atoms with Crippen molar-refractivity contribution < 1.29 is 4.79 Å². The zero-order valence-corrected chi connectivity index (χ0v) is 12.6. The van der Waals surface area contributed by atoms with Gasteiger partial charge in [0.2, 0.25) is 0 Å². The standard InChI is InChI=1S/C18H20N2O/c1-18(2)8-4-3-5-15(18)17(21)14-11-20-16-7-6-12(10-19)9-13(14)16/h6-7,9,11,15,20H,3-5,8H2,1-2H3. The smallest absolute Gasteiger partial charge is 0.168 e. The quantitative estimate of drug-likeness (QED) is 0.827. The average molecular weight is 280 g/mol. The summed E-state index contributed by atoms with van der Waals surface area (Å²) in [4.78, 5) is 16.1. The van der Waals surface area contributed by atoms with Crippen molar-refractivity contribution >= 4 is 16.7 Å². The fourth-order valence-corrected chi connectivity index (χ4v) is 3.56. The Bertz CT molecular complexity index is 733. The number of carbonyl (C=O) groups is 1. The van der Waals surface area contributed by atoms with Crippen LogP contribution in [0.15, 0.2) is 24.4 Å². The van der Waals surface area contributed by atoms with Crippen molar-refractivity contribution in [2.24, 2.45) is 11.3 Å². The second-order valence-corrected chi connectivity index (χ2v) is 6.73. The molecule has 1 aliphatic rings. The van der Waals surface area contributed by atoms with Crippen molar-refractivity contribution in [2.75, 3.05) is 0 Å². The lowest BCUT2D eigenvalue weighted by atomic mass is 9.66. The second kappa shape index (κ2) is 5.04. The number of H-pyrrole nitrogens is 1. The molecule has 0 radical (unpaired) electrons. The molecule has 3 heteroatoms. The Morgan fingerprint density at radius 3 is 2.90 bits per heavy atom. The Balaban J connectivity index is 2.03. The molecule has 1 saturated carbocycles. The minimum atomic E-state index is 0.0613. The number of nitrogens with zero attached hydrogens (tertiary/aromatic N) is 1. The van der Waals surface area contributed by atoms with Crippen LogP contribution in [0.2, 0.25) is 0 Å². The van der Waals surface area contributed by atoms with Gasteiger partial charge in [-0.15, -0.1) is 0 Å². The largest absolute Gasteiger partial charge is 0.360 e. The van der Waals surface area contributed by atoms with E-state index >= 15 is 0 Å². The summed E-state index contributed by atoms with van der Waals surface area (Å²) in [6, 6.07) is 7.61. The maximum Gasteiger partial charge on any atom is 0.168 e. The first-order chi connectivity index (χ1) is 10.0. The Morgan fingerprint density at radius 1 is 1.38 bits per heavy atom. The Kier molecular flexibility index (Phi) is 3.33. The third-order valence-corrected chi connectivity index (χ3v) is 4.90. The molecule has 0 bridgehead atoms. The fourth-order valence-electron chi connectivity index (χ4n) is 3.56. The highest BCUT2D eigenvalue weighted by Gasteiger charge is 2.38. The van der Waals surface area contributed by atoms with E-state index in [0.717, 1.165) is 35.7 Å². The van der Waals surface area contributed by atoms with Crippen molar-refractivity contribution in [1.29, 1.82) is 5.26 Å². The number of hydrogen-bond acceptors (Lipinski definition) is 2. The summed E-state index contributed by atoms with van der Waals surface area (Å²) < 4.78 is 0. The molecule has 1 heterocycles. The van der Waals surface area contributed by atoms with Crippen LogP contribution in [0.4, 0.5) is 0 Å². The molecule has 2 aromatic rings. The number of benzene rings is 1. The van der Waals surface area contributed by atoms with Gasteiger partial charge in [-0.3, -0.25) is 4.79 Å². The topological polar surface area (TPSA) is 56.6 Å². The number of Topliss-reactive ketones (excluding diaryl/α,β-unsaturated/α-hetero) is 1. The third-order valence-electron chi connectivity index (χ3n) is 4.90.